The number of aliphatic hydroxyl groups is 1. The molecule has 0 saturated carbocycles. The number of carbonyl (C=O) groups excluding carboxylic acids is 1. The number of anilines is 1. The van der Waals surface area contributed by atoms with Crippen LogP contribution in [0.25, 0.3) is 22.5 Å². The topological polar surface area (TPSA) is 78.4 Å². The highest BCUT2D eigenvalue weighted by molar-refractivity contribution is 5.81. The summed E-state index contributed by atoms with van der Waals surface area (Å²) in [6, 6.07) is 18.0. The minimum atomic E-state index is -0.357. The van der Waals surface area contributed by atoms with Crippen molar-refractivity contribution in [1.82, 2.24) is 15.3 Å². The van der Waals surface area contributed by atoms with E-state index in [1.54, 1.807) is 0 Å². The Hall–Kier alpha value is -3.25. The fraction of sp³-hybridized carbons (Fsp3) is 0.393. The summed E-state index contributed by atoms with van der Waals surface area (Å²) in [7, 11) is 0. The summed E-state index contributed by atoms with van der Waals surface area (Å²) < 4.78 is 0. The molecule has 1 aliphatic heterocycles. The zero-order chi connectivity index (χ0) is 24.1. The molecule has 2 N–H and O–H groups in total. The first-order chi connectivity index (χ1) is 16.3. The van der Waals surface area contributed by atoms with Gasteiger partial charge in [0.1, 0.15) is 5.82 Å². The molecule has 0 unspecified atom stereocenters. The van der Waals surface area contributed by atoms with Crippen molar-refractivity contribution >= 4 is 11.7 Å². The number of aliphatic hydroxyl groups excluding tert-OH is 1. The predicted octanol–water partition coefficient (Wildman–Crippen LogP) is 4.68. The normalized spacial score (nSPS) is 14.8. The van der Waals surface area contributed by atoms with Gasteiger partial charge in [0.25, 0.3) is 0 Å². The van der Waals surface area contributed by atoms with Crippen molar-refractivity contribution in [3.05, 3.63) is 66.4 Å². The molecule has 0 bridgehead atoms. The Morgan fingerprint density at radius 2 is 1.65 bits per heavy atom. The monoisotopic (exact) mass is 458 g/mol. The first-order valence-electron chi connectivity index (χ1n) is 12.0. The highest BCUT2D eigenvalue weighted by atomic mass is 16.3. The highest BCUT2D eigenvalue weighted by Gasteiger charge is 2.25. The summed E-state index contributed by atoms with van der Waals surface area (Å²) >= 11 is 0. The molecule has 6 nitrogen and oxygen atoms in total. The molecule has 6 heteroatoms. The van der Waals surface area contributed by atoms with E-state index < -0.39 is 0 Å². The number of carbonyl (C=O) groups is 1. The molecule has 1 aliphatic rings. The third kappa shape index (κ3) is 5.62. The summed E-state index contributed by atoms with van der Waals surface area (Å²) in [4.78, 5) is 24.4. The first kappa shape index (κ1) is 23.9. The molecule has 2 heterocycles. The van der Waals surface area contributed by atoms with E-state index in [9.17, 15) is 9.90 Å². The van der Waals surface area contributed by atoms with Crippen LogP contribution in [-0.2, 0) is 11.4 Å². The summed E-state index contributed by atoms with van der Waals surface area (Å²) in [6.07, 6.45) is 3.89. The van der Waals surface area contributed by atoms with E-state index in [2.05, 4.69) is 22.3 Å². The van der Waals surface area contributed by atoms with Crippen LogP contribution in [0.5, 0.6) is 0 Å². The maximum Gasteiger partial charge on any atom is 0.225 e. The van der Waals surface area contributed by atoms with Gasteiger partial charge in [0, 0.05) is 36.2 Å². The molecule has 1 saturated heterocycles. The van der Waals surface area contributed by atoms with Crippen LogP contribution in [0.3, 0.4) is 0 Å². The second-order valence-electron chi connectivity index (χ2n) is 10.0. The molecule has 0 aliphatic carbocycles. The third-order valence-corrected chi connectivity index (χ3v) is 6.39. The lowest BCUT2D eigenvalue weighted by Crippen LogP contribution is -2.42. The van der Waals surface area contributed by atoms with Gasteiger partial charge in [0.2, 0.25) is 5.91 Å². The van der Waals surface area contributed by atoms with Crippen molar-refractivity contribution in [3.63, 3.8) is 0 Å². The van der Waals surface area contributed by atoms with Gasteiger partial charge >= 0.3 is 0 Å². The SMILES string of the molecule is CC(C)(C)C(=O)NCC1CCN(c2cnc(-c3ccc(CO)cc3)c(-c3ccccc3)n2)CC1. The molecule has 0 atom stereocenters. The number of amides is 1. The molecular formula is C28H34N4O2. The van der Waals surface area contributed by atoms with Gasteiger partial charge in [-0.2, -0.15) is 0 Å². The van der Waals surface area contributed by atoms with E-state index in [4.69, 9.17) is 9.97 Å². The molecule has 1 aromatic heterocycles. The number of hydrogen-bond donors (Lipinski definition) is 2. The molecule has 1 amide bonds. The molecule has 3 aromatic rings. The maximum atomic E-state index is 12.2. The van der Waals surface area contributed by atoms with E-state index in [1.807, 2.05) is 69.4 Å². The minimum Gasteiger partial charge on any atom is -0.392 e. The van der Waals surface area contributed by atoms with Crippen LogP contribution in [0.15, 0.2) is 60.8 Å². The van der Waals surface area contributed by atoms with Gasteiger partial charge in [-0.3, -0.25) is 9.78 Å². The zero-order valence-electron chi connectivity index (χ0n) is 20.3. The lowest BCUT2D eigenvalue weighted by atomic mass is 9.93. The van der Waals surface area contributed by atoms with Crippen molar-refractivity contribution in [2.75, 3.05) is 24.5 Å². The fourth-order valence-corrected chi connectivity index (χ4v) is 4.18. The molecule has 34 heavy (non-hydrogen) atoms. The van der Waals surface area contributed by atoms with E-state index >= 15 is 0 Å². The molecule has 1 fully saturated rings. The average Bonchev–Trinajstić information content (AvgIpc) is 2.87. The minimum absolute atomic E-state index is 0.0201. The van der Waals surface area contributed by atoms with Crippen LogP contribution in [0.1, 0.15) is 39.2 Å². The highest BCUT2D eigenvalue weighted by Crippen LogP contribution is 2.32. The van der Waals surface area contributed by atoms with Crippen molar-refractivity contribution in [2.24, 2.45) is 11.3 Å². The summed E-state index contributed by atoms with van der Waals surface area (Å²) in [5, 5.41) is 12.5. The quantitative estimate of drug-likeness (QED) is 0.561. The van der Waals surface area contributed by atoms with Crippen LogP contribution in [-0.4, -0.2) is 40.6 Å². The first-order valence-corrected chi connectivity index (χ1v) is 12.0. The van der Waals surface area contributed by atoms with Gasteiger partial charge in [-0.05, 0) is 24.3 Å². The Morgan fingerprint density at radius 1 is 1.00 bits per heavy atom. The van der Waals surface area contributed by atoms with Gasteiger partial charge in [0.05, 0.1) is 24.2 Å². The molecule has 2 aromatic carbocycles. The summed E-state index contributed by atoms with van der Waals surface area (Å²) in [5.74, 6) is 1.47. The Morgan fingerprint density at radius 3 is 2.26 bits per heavy atom. The molecular weight excluding hydrogens is 424 g/mol. The maximum absolute atomic E-state index is 12.2. The van der Waals surface area contributed by atoms with E-state index in [0.29, 0.717) is 5.92 Å². The van der Waals surface area contributed by atoms with Crippen LogP contribution < -0.4 is 10.2 Å². The van der Waals surface area contributed by atoms with Gasteiger partial charge in [-0.1, -0.05) is 75.4 Å². The van der Waals surface area contributed by atoms with Crippen molar-refractivity contribution in [3.8, 4) is 22.5 Å². The fourth-order valence-electron chi connectivity index (χ4n) is 4.18. The van der Waals surface area contributed by atoms with E-state index in [1.165, 1.54) is 0 Å². The second-order valence-corrected chi connectivity index (χ2v) is 10.0. The Kier molecular flexibility index (Phi) is 7.27. The van der Waals surface area contributed by atoms with Gasteiger partial charge in [-0.15, -0.1) is 0 Å². The second kappa shape index (κ2) is 10.3. The number of rotatable bonds is 6. The standard InChI is InChI=1S/C28H34N4O2/c1-28(2,3)27(34)30-17-20-13-15-32(16-14-20)24-18-29-25(23-11-9-21(19-33)10-12-23)26(31-24)22-7-5-4-6-8-22/h4-12,18,20,33H,13-17,19H2,1-3H3,(H,30,34). The lowest BCUT2D eigenvalue weighted by Gasteiger charge is -2.33. The lowest BCUT2D eigenvalue weighted by molar-refractivity contribution is -0.128. The Balaban J connectivity index is 1.52. The van der Waals surface area contributed by atoms with Crippen LogP contribution in [0.4, 0.5) is 5.82 Å². The van der Waals surface area contributed by atoms with Crippen molar-refractivity contribution in [2.45, 2.75) is 40.2 Å². The van der Waals surface area contributed by atoms with Crippen LogP contribution in [0.2, 0.25) is 0 Å². The Bertz CT molecular complexity index is 1100. The van der Waals surface area contributed by atoms with Crippen molar-refractivity contribution < 1.29 is 9.90 Å². The third-order valence-electron chi connectivity index (χ3n) is 6.39. The van der Waals surface area contributed by atoms with Crippen LogP contribution >= 0.6 is 0 Å². The largest absolute Gasteiger partial charge is 0.392 e. The molecule has 0 spiro atoms. The number of nitrogens with one attached hydrogen (secondary N) is 1. The predicted molar refractivity (Wildman–Crippen MR) is 136 cm³/mol. The molecule has 0 radical (unpaired) electrons. The smallest absolute Gasteiger partial charge is 0.225 e. The number of nitrogens with zero attached hydrogens (tertiary/aromatic N) is 3. The molecule has 178 valence electrons. The number of hydrogen-bond acceptors (Lipinski definition) is 5. The average molecular weight is 459 g/mol. The summed E-state index contributed by atoms with van der Waals surface area (Å²) in [5.41, 5.74) is 4.20. The van der Waals surface area contributed by atoms with Crippen LogP contribution in [0, 0.1) is 11.3 Å². The van der Waals surface area contributed by atoms with Gasteiger partial charge < -0.3 is 15.3 Å². The van der Waals surface area contributed by atoms with E-state index in [-0.39, 0.29) is 17.9 Å². The number of benzene rings is 2. The number of aromatic nitrogens is 2. The number of piperidine rings is 1. The molecule has 4 rings (SSSR count). The summed E-state index contributed by atoms with van der Waals surface area (Å²) in [6.45, 7) is 8.36. The van der Waals surface area contributed by atoms with Gasteiger partial charge in [-0.25, -0.2) is 4.98 Å². The Labute approximate surface area is 202 Å². The van der Waals surface area contributed by atoms with Gasteiger partial charge in [0.15, 0.2) is 0 Å². The van der Waals surface area contributed by atoms with Crippen molar-refractivity contribution in [1.29, 1.82) is 0 Å². The van der Waals surface area contributed by atoms with E-state index in [0.717, 1.165) is 66.4 Å². The zero-order valence-corrected chi connectivity index (χ0v) is 20.3.